The monoisotopic (exact) mass is 224 g/mol. The minimum absolute atomic E-state index is 0.0182. The molecule has 0 aliphatic carbocycles. The molecule has 2 rings (SSSR count). The third-order valence-electron chi connectivity index (χ3n) is 2.38. The van der Waals surface area contributed by atoms with Gasteiger partial charge in [0.25, 0.3) is 0 Å². The highest BCUT2D eigenvalue weighted by molar-refractivity contribution is 6.31. The third-order valence-corrected chi connectivity index (χ3v) is 2.60. The van der Waals surface area contributed by atoms with E-state index in [1.807, 2.05) is 6.92 Å². The molecule has 0 fully saturated rings. The molecule has 1 aromatic heterocycles. The highest BCUT2D eigenvalue weighted by Crippen LogP contribution is 2.30. The van der Waals surface area contributed by atoms with E-state index < -0.39 is 5.97 Å². The first kappa shape index (κ1) is 10.1. The predicted molar refractivity (Wildman–Crippen MR) is 57.7 cm³/mol. The summed E-state index contributed by atoms with van der Waals surface area (Å²) in [4.78, 5) is 10.9. The van der Waals surface area contributed by atoms with E-state index in [2.05, 4.69) is 0 Å². The Kier molecular flexibility index (Phi) is 2.20. The molecular formula is C11H9ClO3. The molecular weight excluding hydrogens is 216 g/mol. The van der Waals surface area contributed by atoms with Crippen molar-refractivity contribution in [1.29, 1.82) is 0 Å². The van der Waals surface area contributed by atoms with E-state index in [-0.39, 0.29) is 5.76 Å². The minimum atomic E-state index is -1.06. The highest BCUT2D eigenvalue weighted by Gasteiger charge is 2.17. The van der Waals surface area contributed by atoms with Crippen molar-refractivity contribution < 1.29 is 14.3 Å². The fraction of sp³-hybridized carbons (Fsp3) is 0.182. The van der Waals surface area contributed by atoms with Gasteiger partial charge in [0, 0.05) is 16.0 Å². The summed E-state index contributed by atoms with van der Waals surface area (Å²) >= 11 is 5.90. The molecule has 2 aromatic rings. The van der Waals surface area contributed by atoms with Gasteiger partial charge in [-0.05, 0) is 31.5 Å². The van der Waals surface area contributed by atoms with Crippen LogP contribution in [-0.2, 0) is 0 Å². The highest BCUT2D eigenvalue weighted by atomic mass is 35.5. The number of hydrogen-bond donors (Lipinski definition) is 1. The second kappa shape index (κ2) is 3.28. The van der Waals surface area contributed by atoms with Crippen LogP contribution in [0, 0.1) is 13.8 Å². The predicted octanol–water partition coefficient (Wildman–Crippen LogP) is 3.40. The number of hydrogen-bond acceptors (Lipinski definition) is 2. The lowest BCUT2D eigenvalue weighted by atomic mass is 10.1. The maximum Gasteiger partial charge on any atom is 0.372 e. The molecule has 0 amide bonds. The lowest BCUT2D eigenvalue weighted by molar-refractivity contribution is 0.0664. The summed E-state index contributed by atoms with van der Waals surface area (Å²) in [6.07, 6.45) is 0. The van der Waals surface area contributed by atoms with Gasteiger partial charge in [0.15, 0.2) is 0 Å². The Morgan fingerprint density at radius 3 is 2.67 bits per heavy atom. The second-order valence-electron chi connectivity index (χ2n) is 3.46. The topological polar surface area (TPSA) is 50.4 Å². The fourth-order valence-electron chi connectivity index (χ4n) is 1.65. The molecule has 78 valence electrons. The van der Waals surface area contributed by atoms with E-state index in [1.54, 1.807) is 19.1 Å². The van der Waals surface area contributed by atoms with E-state index in [0.717, 1.165) is 10.9 Å². The molecule has 0 radical (unpaired) electrons. The van der Waals surface area contributed by atoms with Gasteiger partial charge in [0.2, 0.25) is 5.76 Å². The fourth-order valence-corrected chi connectivity index (χ4v) is 1.92. The number of aryl methyl sites for hydroxylation is 2. The van der Waals surface area contributed by atoms with Gasteiger partial charge in [-0.25, -0.2) is 4.79 Å². The molecule has 4 heteroatoms. The third kappa shape index (κ3) is 1.49. The molecule has 3 nitrogen and oxygen atoms in total. The molecule has 0 saturated heterocycles. The summed E-state index contributed by atoms with van der Waals surface area (Å²) < 4.78 is 5.29. The second-order valence-corrected chi connectivity index (χ2v) is 3.90. The zero-order valence-corrected chi connectivity index (χ0v) is 9.05. The normalized spacial score (nSPS) is 10.9. The molecule has 0 atom stereocenters. The summed E-state index contributed by atoms with van der Waals surface area (Å²) in [5.74, 6) is -1.07. The van der Waals surface area contributed by atoms with Crippen molar-refractivity contribution in [2.75, 3.05) is 0 Å². The number of carboxylic acids is 1. The molecule has 0 aliphatic heterocycles. The van der Waals surface area contributed by atoms with Crippen LogP contribution < -0.4 is 0 Å². The molecule has 0 bridgehead atoms. The average molecular weight is 225 g/mol. The van der Waals surface area contributed by atoms with E-state index >= 15 is 0 Å². The van der Waals surface area contributed by atoms with Gasteiger partial charge in [-0.2, -0.15) is 0 Å². The molecule has 0 aliphatic rings. The van der Waals surface area contributed by atoms with Gasteiger partial charge in [-0.15, -0.1) is 0 Å². The number of fused-ring (bicyclic) bond motifs is 1. The molecule has 0 unspecified atom stereocenters. The van der Waals surface area contributed by atoms with Crippen LogP contribution in [-0.4, -0.2) is 11.1 Å². The Balaban J connectivity index is 2.88. The lowest BCUT2D eigenvalue weighted by Gasteiger charge is -1.95. The molecule has 1 N–H and O–H groups in total. The van der Waals surface area contributed by atoms with Crippen molar-refractivity contribution in [3.63, 3.8) is 0 Å². The Labute approximate surface area is 91.3 Å². The first-order valence-electron chi connectivity index (χ1n) is 4.43. The molecule has 0 saturated carbocycles. The summed E-state index contributed by atoms with van der Waals surface area (Å²) in [7, 11) is 0. The number of carboxylic acid groups (broad SMARTS) is 1. The SMILES string of the molecule is Cc1c(C(=O)O)oc2c(C)cc(Cl)cc12. The molecule has 0 spiro atoms. The summed E-state index contributed by atoms with van der Waals surface area (Å²) in [5, 5.41) is 10.2. The van der Waals surface area contributed by atoms with Crippen molar-refractivity contribution in [2.45, 2.75) is 13.8 Å². The summed E-state index contributed by atoms with van der Waals surface area (Å²) in [6, 6.07) is 3.47. The van der Waals surface area contributed by atoms with Crippen molar-refractivity contribution in [3.05, 3.63) is 34.0 Å². The quantitative estimate of drug-likeness (QED) is 0.808. The van der Waals surface area contributed by atoms with Crippen molar-refractivity contribution in [1.82, 2.24) is 0 Å². The van der Waals surface area contributed by atoms with Crippen LogP contribution in [0.25, 0.3) is 11.0 Å². The van der Waals surface area contributed by atoms with Gasteiger partial charge in [0.1, 0.15) is 5.58 Å². The zero-order valence-electron chi connectivity index (χ0n) is 8.30. The Morgan fingerprint density at radius 2 is 2.07 bits per heavy atom. The van der Waals surface area contributed by atoms with Gasteiger partial charge in [-0.3, -0.25) is 0 Å². The number of aromatic carboxylic acids is 1. The summed E-state index contributed by atoms with van der Waals surface area (Å²) in [6.45, 7) is 3.55. The van der Waals surface area contributed by atoms with Gasteiger partial charge in [0.05, 0.1) is 0 Å². The number of furan rings is 1. The van der Waals surface area contributed by atoms with E-state index in [9.17, 15) is 4.79 Å². The number of carbonyl (C=O) groups is 1. The number of benzene rings is 1. The maximum absolute atomic E-state index is 10.9. The smallest absolute Gasteiger partial charge is 0.372 e. The standard InChI is InChI=1S/C11H9ClO3/c1-5-3-7(12)4-8-6(2)10(11(13)14)15-9(5)8/h3-4H,1-2H3,(H,13,14). The number of halogens is 1. The Bertz CT molecular complexity index is 554. The van der Waals surface area contributed by atoms with Crippen LogP contribution >= 0.6 is 11.6 Å². The van der Waals surface area contributed by atoms with Crippen LogP contribution in [0.1, 0.15) is 21.7 Å². The van der Waals surface area contributed by atoms with Crippen molar-refractivity contribution >= 4 is 28.5 Å². The van der Waals surface area contributed by atoms with Crippen LogP contribution in [0.15, 0.2) is 16.5 Å². The van der Waals surface area contributed by atoms with Crippen molar-refractivity contribution in [3.8, 4) is 0 Å². The van der Waals surface area contributed by atoms with Gasteiger partial charge >= 0.3 is 5.97 Å². The van der Waals surface area contributed by atoms with Crippen LogP contribution in [0.3, 0.4) is 0 Å². The van der Waals surface area contributed by atoms with Crippen LogP contribution in [0.2, 0.25) is 5.02 Å². The lowest BCUT2D eigenvalue weighted by Crippen LogP contribution is -1.95. The van der Waals surface area contributed by atoms with E-state index in [1.165, 1.54) is 0 Å². The average Bonchev–Trinajstić information content (AvgIpc) is 2.44. The first-order chi connectivity index (χ1) is 7.00. The molecule has 1 aromatic carbocycles. The Hall–Kier alpha value is -1.48. The minimum Gasteiger partial charge on any atom is -0.475 e. The van der Waals surface area contributed by atoms with E-state index in [0.29, 0.717) is 16.2 Å². The maximum atomic E-state index is 10.9. The van der Waals surface area contributed by atoms with Crippen molar-refractivity contribution in [2.24, 2.45) is 0 Å². The zero-order chi connectivity index (χ0) is 11.2. The van der Waals surface area contributed by atoms with Gasteiger partial charge < -0.3 is 9.52 Å². The van der Waals surface area contributed by atoms with Gasteiger partial charge in [-0.1, -0.05) is 11.6 Å². The van der Waals surface area contributed by atoms with Crippen LogP contribution in [0.5, 0.6) is 0 Å². The van der Waals surface area contributed by atoms with E-state index in [4.69, 9.17) is 21.1 Å². The number of rotatable bonds is 1. The Morgan fingerprint density at radius 1 is 1.40 bits per heavy atom. The first-order valence-corrected chi connectivity index (χ1v) is 4.81. The summed E-state index contributed by atoms with van der Waals surface area (Å²) in [5.41, 5.74) is 2.05. The largest absolute Gasteiger partial charge is 0.475 e. The van der Waals surface area contributed by atoms with Crippen LogP contribution in [0.4, 0.5) is 0 Å². The molecule has 15 heavy (non-hydrogen) atoms. The molecule has 1 heterocycles.